The molecule has 0 bridgehead atoms. The fourth-order valence-corrected chi connectivity index (χ4v) is 9.08. The highest BCUT2D eigenvalue weighted by Gasteiger charge is 2.81. The first-order chi connectivity index (χ1) is 21.2. The molecule has 0 radical (unpaired) electrons. The molecule has 1 heterocycles. The average Bonchev–Trinajstić information content (AvgIpc) is 3.36. The minimum Gasteiger partial charge on any atom is -0.508 e. The predicted octanol–water partition coefficient (Wildman–Crippen LogP) is 7.48. The van der Waals surface area contributed by atoms with Crippen molar-refractivity contribution in [1.82, 2.24) is 4.90 Å². The van der Waals surface area contributed by atoms with Crippen LogP contribution in [0.1, 0.15) is 81.8 Å². The highest BCUT2D eigenvalue weighted by atomic mass is 19.4. The van der Waals surface area contributed by atoms with Gasteiger partial charge in [-0.05, 0) is 99.0 Å². The summed E-state index contributed by atoms with van der Waals surface area (Å²) in [7, 11) is 1.30. The van der Waals surface area contributed by atoms with Crippen molar-refractivity contribution >= 4 is 5.97 Å². The van der Waals surface area contributed by atoms with Gasteiger partial charge >= 0.3 is 29.9 Å². The first kappa shape index (κ1) is 35.1. The van der Waals surface area contributed by atoms with Crippen molar-refractivity contribution in [2.45, 2.75) is 113 Å². The molecule has 1 saturated heterocycles. The van der Waals surface area contributed by atoms with Gasteiger partial charge in [-0.15, -0.1) is 0 Å². The summed E-state index contributed by atoms with van der Waals surface area (Å²) in [6.45, 7) is 1.37. The molecule has 0 amide bonds. The molecule has 3 aliphatic carbocycles. The number of unbranched alkanes of at least 4 members (excludes halogenated alkanes) is 2. The highest BCUT2D eigenvalue weighted by Crippen LogP contribution is 2.68. The van der Waals surface area contributed by atoms with Crippen LogP contribution in [-0.2, 0) is 16.0 Å². The van der Waals surface area contributed by atoms with Crippen molar-refractivity contribution in [3.8, 4) is 5.75 Å². The molecule has 1 aromatic rings. The largest absolute Gasteiger partial charge is 0.508 e. The van der Waals surface area contributed by atoms with Gasteiger partial charge < -0.3 is 19.8 Å². The van der Waals surface area contributed by atoms with Gasteiger partial charge in [0.2, 0.25) is 0 Å². The van der Waals surface area contributed by atoms with Crippen LogP contribution >= 0.6 is 0 Å². The van der Waals surface area contributed by atoms with Crippen LogP contribution in [0.3, 0.4) is 0 Å². The number of benzene rings is 1. The highest BCUT2D eigenvalue weighted by molar-refractivity contribution is 5.74. The van der Waals surface area contributed by atoms with E-state index in [2.05, 4.69) is 0 Å². The number of phenols is 1. The summed E-state index contributed by atoms with van der Waals surface area (Å²) < 4.78 is 124. The van der Waals surface area contributed by atoms with E-state index in [1.165, 1.54) is 11.9 Å². The summed E-state index contributed by atoms with van der Waals surface area (Å²) in [5.41, 5.74) is 0.421. The van der Waals surface area contributed by atoms with Gasteiger partial charge in [-0.25, -0.2) is 0 Å². The Bertz CT molecular complexity index is 1310. The molecular weight excluding hydrogens is 633 g/mol. The number of aromatic hydroxyl groups is 1. The standard InChI is InChI=1S/C32H40F9NO4/c1-27-16-19(6-4-3-5-12-42(2)13-11-29(33,34)30(35,36)31(37,38)32(39,40)41)26-21-10-8-20(43)14-18(21)7-9-22(26)23(27)15-24-28(27,45)17-25(44)46-24/h8,10,14,19,22-24,26,43,45H,3-7,9,11-13,15-17H2,1-2H3/t19-,22-,23-,24?,26+,27-,28+/m0/s1. The summed E-state index contributed by atoms with van der Waals surface area (Å²) >= 11 is 0. The van der Waals surface area contributed by atoms with Gasteiger partial charge in [-0.2, -0.15) is 39.5 Å². The smallest absolute Gasteiger partial charge is 0.460 e. The first-order valence-corrected chi connectivity index (χ1v) is 15.8. The molecule has 0 spiro atoms. The lowest BCUT2D eigenvalue weighted by atomic mass is 9.49. The van der Waals surface area contributed by atoms with E-state index in [1.54, 1.807) is 12.1 Å². The van der Waals surface area contributed by atoms with E-state index in [0.29, 0.717) is 32.1 Å². The summed E-state index contributed by atoms with van der Waals surface area (Å²) in [6, 6.07) is 5.42. The summed E-state index contributed by atoms with van der Waals surface area (Å²) in [5, 5.41) is 21.9. The molecule has 1 unspecified atom stereocenters. The zero-order valence-electron chi connectivity index (χ0n) is 25.7. The average molecular weight is 674 g/mol. The predicted molar refractivity (Wildman–Crippen MR) is 148 cm³/mol. The van der Waals surface area contributed by atoms with Crippen molar-refractivity contribution in [1.29, 1.82) is 0 Å². The van der Waals surface area contributed by atoms with Crippen molar-refractivity contribution in [2.24, 2.45) is 23.2 Å². The van der Waals surface area contributed by atoms with Crippen LogP contribution < -0.4 is 0 Å². The molecule has 1 aliphatic heterocycles. The Labute approximate surface area is 261 Å². The van der Waals surface area contributed by atoms with E-state index in [4.69, 9.17) is 4.74 Å². The minimum atomic E-state index is -6.88. The molecule has 5 rings (SSSR count). The molecule has 260 valence electrons. The van der Waals surface area contributed by atoms with Crippen LogP contribution in [0.2, 0.25) is 0 Å². The van der Waals surface area contributed by atoms with Gasteiger partial charge in [0.25, 0.3) is 0 Å². The van der Waals surface area contributed by atoms with Crippen molar-refractivity contribution < 1.29 is 59.3 Å². The molecule has 4 aliphatic rings. The Morgan fingerprint density at radius 3 is 2.37 bits per heavy atom. The number of alkyl halides is 9. The third kappa shape index (κ3) is 5.56. The lowest BCUT2D eigenvalue weighted by molar-refractivity contribution is -0.396. The van der Waals surface area contributed by atoms with Gasteiger partial charge in [-0.3, -0.25) is 4.79 Å². The maximum absolute atomic E-state index is 13.9. The van der Waals surface area contributed by atoms with Crippen LogP contribution in [0.5, 0.6) is 5.75 Å². The fraction of sp³-hybridized carbons (Fsp3) is 0.781. The van der Waals surface area contributed by atoms with Crippen LogP contribution in [0, 0.1) is 23.2 Å². The number of esters is 1. The van der Waals surface area contributed by atoms with Gasteiger partial charge in [0.1, 0.15) is 17.5 Å². The number of carbonyl (C=O) groups excluding carboxylic acids is 1. The monoisotopic (exact) mass is 673 g/mol. The molecule has 0 aromatic heterocycles. The third-order valence-electron chi connectivity index (χ3n) is 11.5. The number of aryl methyl sites for hydroxylation is 1. The van der Waals surface area contributed by atoms with Crippen LogP contribution in [-0.4, -0.2) is 76.9 Å². The topological polar surface area (TPSA) is 70.0 Å². The summed E-state index contributed by atoms with van der Waals surface area (Å²) in [5.74, 6) is -18.7. The minimum absolute atomic E-state index is 0.0512. The zero-order chi connectivity index (χ0) is 34.1. The summed E-state index contributed by atoms with van der Waals surface area (Å²) in [6.07, 6.45) is -3.97. The number of carbonyl (C=O) groups is 1. The second kappa shape index (κ2) is 11.7. The first-order valence-electron chi connectivity index (χ1n) is 15.8. The van der Waals surface area contributed by atoms with Crippen molar-refractivity contribution in [2.75, 3.05) is 20.1 Å². The molecule has 2 saturated carbocycles. The van der Waals surface area contributed by atoms with Gasteiger partial charge in [0.15, 0.2) is 0 Å². The molecule has 1 aromatic carbocycles. The second-order valence-corrected chi connectivity index (χ2v) is 14.2. The number of hydrogen-bond donors (Lipinski definition) is 2. The maximum Gasteiger partial charge on any atom is 0.460 e. The molecule has 2 N–H and O–H groups in total. The number of rotatable bonds is 11. The van der Waals surface area contributed by atoms with Crippen LogP contribution in [0.4, 0.5) is 39.5 Å². The summed E-state index contributed by atoms with van der Waals surface area (Å²) in [4.78, 5) is 13.4. The Kier molecular flexibility index (Phi) is 8.95. The van der Waals surface area contributed by atoms with E-state index in [-0.39, 0.29) is 42.4 Å². The van der Waals surface area contributed by atoms with Crippen LogP contribution in [0.15, 0.2) is 18.2 Å². The third-order valence-corrected chi connectivity index (χ3v) is 11.5. The van der Waals surface area contributed by atoms with Gasteiger partial charge in [0, 0.05) is 18.4 Å². The van der Waals surface area contributed by atoms with Gasteiger partial charge in [-0.1, -0.05) is 25.8 Å². The SMILES string of the molecule is CN(CCCCC[C@H]1C[C@@]2(C)[C@@H](CC3OC(=O)C[C@@]32O)[C@@H]2CCc3cc(O)ccc3[C@@H]12)CCC(F)(F)C(F)(F)C(F)(F)C(F)(F)F. The second-order valence-electron chi connectivity index (χ2n) is 14.2. The number of hydrogen-bond acceptors (Lipinski definition) is 5. The normalized spacial score (nSPS) is 33.0. The molecule has 3 fully saturated rings. The molecule has 7 atom stereocenters. The maximum atomic E-state index is 13.9. The lowest BCUT2D eigenvalue weighted by Crippen LogP contribution is -2.61. The van der Waals surface area contributed by atoms with Crippen molar-refractivity contribution in [3.05, 3.63) is 29.3 Å². The molecule has 5 nitrogen and oxygen atoms in total. The molecular formula is C32H40F9NO4. The number of phenolic OH excluding ortho intramolecular Hbond substituents is 1. The number of ether oxygens (including phenoxy) is 1. The Balaban J connectivity index is 1.20. The van der Waals surface area contributed by atoms with E-state index >= 15 is 0 Å². The quantitative estimate of drug-likeness (QED) is 0.145. The molecule has 14 heteroatoms. The Hall–Kier alpha value is -2.22. The number of halogens is 9. The molecule has 46 heavy (non-hydrogen) atoms. The zero-order valence-corrected chi connectivity index (χ0v) is 25.7. The number of nitrogens with zero attached hydrogens (tertiary/aromatic N) is 1. The van der Waals surface area contributed by atoms with Crippen molar-refractivity contribution in [3.63, 3.8) is 0 Å². The van der Waals surface area contributed by atoms with Gasteiger partial charge in [0.05, 0.1) is 6.42 Å². The van der Waals surface area contributed by atoms with E-state index in [0.717, 1.165) is 30.4 Å². The number of fused-ring (bicyclic) bond motifs is 7. The van der Waals surface area contributed by atoms with E-state index in [1.807, 2.05) is 13.0 Å². The Morgan fingerprint density at radius 1 is 1.00 bits per heavy atom. The lowest BCUT2D eigenvalue weighted by Gasteiger charge is -2.56. The number of aliphatic hydroxyl groups is 1. The van der Waals surface area contributed by atoms with Crippen LogP contribution in [0.25, 0.3) is 0 Å². The Morgan fingerprint density at radius 2 is 1.70 bits per heavy atom. The fourth-order valence-electron chi connectivity index (χ4n) is 9.08. The van der Waals surface area contributed by atoms with E-state index < -0.39 is 60.0 Å². The van der Waals surface area contributed by atoms with E-state index in [9.17, 15) is 54.5 Å².